The van der Waals surface area contributed by atoms with E-state index in [-0.39, 0.29) is 12.3 Å². The highest BCUT2D eigenvalue weighted by Crippen LogP contribution is 2.17. The number of nitrogens with zero attached hydrogens (tertiary/aromatic N) is 5. The predicted molar refractivity (Wildman–Crippen MR) is 115 cm³/mol. The SMILES string of the molecule is O=C(Cc1cnn(-c2ccccc2)c1)Nc1ccc(-n2cnc3ccccc32)nc1. The molecule has 0 unspecified atom stereocenters. The van der Waals surface area contributed by atoms with Crippen LogP contribution in [-0.4, -0.2) is 30.2 Å². The number of carbonyl (C=O) groups is 1. The number of imidazole rings is 1. The van der Waals surface area contributed by atoms with Gasteiger partial charge >= 0.3 is 0 Å². The number of aromatic nitrogens is 5. The van der Waals surface area contributed by atoms with Gasteiger partial charge in [-0.25, -0.2) is 14.6 Å². The van der Waals surface area contributed by atoms with Gasteiger partial charge in [0.15, 0.2) is 0 Å². The third kappa shape index (κ3) is 3.56. The number of nitrogens with one attached hydrogen (secondary N) is 1. The molecule has 1 amide bonds. The van der Waals surface area contributed by atoms with Crippen LogP contribution < -0.4 is 5.32 Å². The van der Waals surface area contributed by atoms with Crippen LogP contribution >= 0.6 is 0 Å². The third-order valence-corrected chi connectivity index (χ3v) is 4.75. The molecule has 30 heavy (non-hydrogen) atoms. The van der Waals surface area contributed by atoms with Crippen molar-refractivity contribution in [3.05, 3.63) is 97.2 Å². The van der Waals surface area contributed by atoms with E-state index in [1.165, 1.54) is 0 Å². The average Bonchev–Trinajstić information content (AvgIpc) is 3.42. The summed E-state index contributed by atoms with van der Waals surface area (Å²) in [6.45, 7) is 0. The maximum Gasteiger partial charge on any atom is 0.228 e. The summed E-state index contributed by atoms with van der Waals surface area (Å²) >= 11 is 0. The Bertz CT molecular complexity index is 1300. The van der Waals surface area contributed by atoms with Gasteiger partial charge in [-0.1, -0.05) is 30.3 Å². The van der Waals surface area contributed by atoms with E-state index in [1.807, 2.05) is 77.5 Å². The van der Waals surface area contributed by atoms with Crippen molar-refractivity contribution in [3.63, 3.8) is 0 Å². The lowest BCUT2D eigenvalue weighted by molar-refractivity contribution is -0.115. The van der Waals surface area contributed by atoms with E-state index < -0.39 is 0 Å². The zero-order chi connectivity index (χ0) is 20.3. The average molecular weight is 394 g/mol. The van der Waals surface area contributed by atoms with Crippen molar-refractivity contribution in [2.24, 2.45) is 0 Å². The van der Waals surface area contributed by atoms with Gasteiger partial charge in [-0.05, 0) is 42.0 Å². The zero-order valence-electron chi connectivity index (χ0n) is 16.0. The first-order valence-electron chi connectivity index (χ1n) is 9.54. The van der Waals surface area contributed by atoms with Gasteiger partial charge in [-0.15, -0.1) is 0 Å². The number of carbonyl (C=O) groups excluding carboxylic acids is 1. The minimum atomic E-state index is -0.120. The first-order chi connectivity index (χ1) is 14.8. The summed E-state index contributed by atoms with van der Waals surface area (Å²) in [7, 11) is 0. The van der Waals surface area contributed by atoms with Crippen molar-refractivity contribution in [1.82, 2.24) is 24.3 Å². The summed E-state index contributed by atoms with van der Waals surface area (Å²) in [6.07, 6.45) is 7.20. The van der Waals surface area contributed by atoms with Crippen molar-refractivity contribution in [1.29, 1.82) is 0 Å². The summed E-state index contributed by atoms with van der Waals surface area (Å²) in [4.78, 5) is 21.3. The number of rotatable bonds is 5. The number of anilines is 1. The van der Waals surface area contributed by atoms with Crippen molar-refractivity contribution in [2.75, 3.05) is 5.32 Å². The molecule has 7 heteroatoms. The Morgan fingerprint density at radius 1 is 0.900 bits per heavy atom. The highest BCUT2D eigenvalue weighted by Gasteiger charge is 2.09. The van der Waals surface area contributed by atoms with Gasteiger partial charge in [-0.2, -0.15) is 5.10 Å². The number of para-hydroxylation sites is 3. The second-order valence-corrected chi connectivity index (χ2v) is 6.86. The van der Waals surface area contributed by atoms with Crippen LogP contribution in [0.5, 0.6) is 0 Å². The smallest absolute Gasteiger partial charge is 0.228 e. The lowest BCUT2D eigenvalue weighted by Crippen LogP contribution is -2.14. The van der Waals surface area contributed by atoms with E-state index in [1.54, 1.807) is 23.4 Å². The molecule has 0 radical (unpaired) electrons. The highest BCUT2D eigenvalue weighted by atomic mass is 16.1. The van der Waals surface area contributed by atoms with Gasteiger partial charge in [0.2, 0.25) is 5.91 Å². The monoisotopic (exact) mass is 394 g/mol. The molecule has 0 aliphatic rings. The standard InChI is InChI=1S/C23H18N6O/c30-23(12-17-13-26-29(15-17)19-6-2-1-3-7-19)27-18-10-11-22(24-14-18)28-16-25-20-8-4-5-9-21(20)28/h1-11,13-16H,12H2,(H,27,30). The number of hydrogen-bond donors (Lipinski definition) is 1. The molecule has 146 valence electrons. The highest BCUT2D eigenvalue weighted by molar-refractivity contribution is 5.92. The van der Waals surface area contributed by atoms with Crippen LogP contribution in [0.1, 0.15) is 5.56 Å². The maximum absolute atomic E-state index is 12.4. The molecule has 2 aromatic carbocycles. The van der Waals surface area contributed by atoms with Gasteiger partial charge < -0.3 is 5.32 Å². The molecule has 0 fully saturated rings. The second-order valence-electron chi connectivity index (χ2n) is 6.86. The van der Waals surface area contributed by atoms with E-state index in [4.69, 9.17) is 0 Å². The van der Waals surface area contributed by atoms with Gasteiger partial charge in [0.1, 0.15) is 12.1 Å². The number of hydrogen-bond acceptors (Lipinski definition) is 4. The van der Waals surface area contributed by atoms with Crippen molar-refractivity contribution < 1.29 is 4.79 Å². The summed E-state index contributed by atoms with van der Waals surface area (Å²) in [6, 6.07) is 21.4. The van der Waals surface area contributed by atoms with Crippen LogP contribution in [0.15, 0.2) is 91.6 Å². The summed E-state index contributed by atoms with van der Waals surface area (Å²) < 4.78 is 3.67. The van der Waals surface area contributed by atoms with E-state index in [2.05, 4.69) is 20.4 Å². The fourth-order valence-corrected chi connectivity index (χ4v) is 3.31. The van der Waals surface area contributed by atoms with Gasteiger partial charge in [0, 0.05) is 6.20 Å². The molecule has 0 aliphatic heterocycles. The van der Waals surface area contributed by atoms with Crippen LogP contribution in [0.3, 0.4) is 0 Å². The summed E-state index contributed by atoms with van der Waals surface area (Å²) in [5.41, 5.74) is 4.33. The lowest BCUT2D eigenvalue weighted by Gasteiger charge is -2.07. The lowest BCUT2D eigenvalue weighted by atomic mass is 10.2. The van der Waals surface area contributed by atoms with E-state index in [0.717, 1.165) is 28.1 Å². The van der Waals surface area contributed by atoms with E-state index >= 15 is 0 Å². The van der Waals surface area contributed by atoms with Crippen LogP contribution in [0, 0.1) is 0 Å². The van der Waals surface area contributed by atoms with E-state index in [0.29, 0.717) is 5.69 Å². The van der Waals surface area contributed by atoms with Crippen LogP contribution in [0.4, 0.5) is 5.69 Å². The van der Waals surface area contributed by atoms with Crippen LogP contribution in [0.2, 0.25) is 0 Å². The quantitative estimate of drug-likeness (QED) is 0.492. The number of pyridine rings is 1. The molecule has 1 N–H and O–H groups in total. The Labute approximate surface area is 172 Å². The molecule has 3 aromatic heterocycles. The normalized spacial score (nSPS) is 10.9. The molecule has 3 heterocycles. The number of benzene rings is 2. The molecular formula is C23H18N6O. The first-order valence-corrected chi connectivity index (χ1v) is 9.54. The Morgan fingerprint density at radius 3 is 2.57 bits per heavy atom. The number of fused-ring (bicyclic) bond motifs is 1. The fraction of sp³-hybridized carbons (Fsp3) is 0.0435. The molecule has 0 saturated heterocycles. The largest absolute Gasteiger partial charge is 0.324 e. The fourth-order valence-electron chi connectivity index (χ4n) is 3.31. The molecule has 0 saturated carbocycles. The summed E-state index contributed by atoms with van der Waals surface area (Å²) in [5.74, 6) is 0.621. The topological polar surface area (TPSA) is 77.6 Å². The zero-order valence-corrected chi connectivity index (χ0v) is 16.0. The second kappa shape index (κ2) is 7.63. The molecule has 5 aromatic rings. The Morgan fingerprint density at radius 2 is 1.73 bits per heavy atom. The van der Waals surface area contributed by atoms with E-state index in [9.17, 15) is 4.79 Å². The molecule has 0 atom stereocenters. The molecule has 0 bridgehead atoms. The van der Waals surface area contributed by atoms with Gasteiger partial charge in [0.25, 0.3) is 0 Å². The minimum Gasteiger partial charge on any atom is -0.324 e. The Hall–Kier alpha value is -4.26. The molecule has 0 aliphatic carbocycles. The molecular weight excluding hydrogens is 376 g/mol. The van der Waals surface area contributed by atoms with Crippen molar-refractivity contribution >= 4 is 22.6 Å². The van der Waals surface area contributed by atoms with Crippen molar-refractivity contribution in [3.8, 4) is 11.5 Å². The third-order valence-electron chi connectivity index (χ3n) is 4.75. The van der Waals surface area contributed by atoms with Gasteiger partial charge in [0.05, 0.1) is 41.2 Å². The summed E-state index contributed by atoms with van der Waals surface area (Å²) in [5, 5.41) is 7.21. The van der Waals surface area contributed by atoms with Crippen LogP contribution in [-0.2, 0) is 11.2 Å². The van der Waals surface area contributed by atoms with Crippen molar-refractivity contribution in [2.45, 2.75) is 6.42 Å². The van der Waals surface area contributed by atoms with Gasteiger partial charge in [-0.3, -0.25) is 9.36 Å². The predicted octanol–water partition coefficient (Wildman–Crippen LogP) is 3.79. The Kier molecular flexibility index (Phi) is 4.53. The van der Waals surface area contributed by atoms with Crippen LogP contribution in [0.25, 0.3) is 22.5 Å². The number of amides is 1. The minimum absolute atomic E-state index is 0.120. The molecule has 0 spiro atoms. The molecule has 5 rings (SSSR count). The molecule has 7 nitrogen and oxygen atoms in total. The maximum atomic E-state index is 12.4. The first kappa shape index (κ1) is 17.8. The Balaban J connectivity index is 1.26.